The Labute approximate surface area is 138 Å². The third kappa shape index (κ3) is 5.10. The van der Waals surface area contributed by atoms with Crippen LogP contribution in [0.2, 0.25) is 0 Å². The number of thiophene rings is 1. The highest BCUT2D eigenvalue weighted by molar-refractivity contribution is 7.99. The molecule has 8 heteroatoms. The van der Waals surface area contributed by atoms with Gasteiger partial charge in [0.2, 0.25) is 11.1 Å². The summed E-state index contributed by atoms with van der Waals surface area (Å²) >= 11 is 3.18. The average Bonchev–Trinajstić information content (AvgIpc) is 3.10. The largest absolute Gasteiger partial charge is 0.348 e. The van der Waals surface area contributed by atoms with E-state index in [2.05, 4.69) is 40.8 Å². The predicted octanol–water partition coefficient (Wildman–Crippen LogP) is 2.66. The quantitative estimate of drug-likeness (QED) is 0.749. The van der Waals surface area contributed by atoms with Crippen LogP contribution in [-0.2, 0) is 11.8 Å². The molecule has 0 bridgehead atoms. The molecule has 1 atom stereocenters. The van der Waals surface area contributed by atoms with E-state index in [-0.39, 0.29) is 11.9 Å². The van der Waals surface area contributed by atoms with Gasteiger partial charge in [0.15, 0.2) is 0 Å². The van der Waals surface area contributed by atoms with Gasteiger partial charge in [-0.15, -0.1) is 16.4 Å². The fourth-order valence-electron chi connectivity index (χ4n) is 2.05. The first kappa shape index (κ1) is 17.0. The first-order chi connectivity index (χ1) is 10.6. The summed E-state index contributed by atoms with van der Waals surface area (Å²) in [7, 11) is 1.79. The number of rotatable bonds is 8. The van der Waals surface area contributed by atoms with Gasteiger partial charge >= 0.3 is 0 Å². The van der Waals surface area contributed by atoms with Crippen molar-refractivity contribution >= 4 is 29.0 Å². The normalized spacial score (nSPS) is 12.5. The lowest BCUT2D eigenvalue weighted by Gasteiger charge is -2.19. The van der Waals surface area contributed by atoms with Gasteiger partial charge < -0.3 is 5.32 Å². The van der Waals surface area contributed by atoms with Gasteiger partial charge in [0.05, 0.1) is 6.04 Å². The van der Waals surface area contributed by atoms with E-state index < -0.39 is 0 Å². The first-order valence-corrected chi connectivity index (χ1v) is 9.10. The molecule has 1 N–H and O–H groups in total. The molecule has 2 rings (SSSR count). The molecule has 22 heavy (non-hydrogen) atoms. The van der Waals surface area contributed by atoms with Crippen LogP contribution in [0.3, 0.4) is 0 Å². The van der Waals surface area contributed by atoms with Gasteiger partial charge in [-0.25, -0.2) is 4.68 Å². The van der Waals surface area contributed by atoms with Crippen LogP contribution in [0, 0.1) is 5.92 Å². The summed E-state index contributed by atoms with van der Waals surface area (Å²) in [5, 5.41) is 17.1. The van der Waals surface area contributed by atoms with E-state index in [1.54, 1.807) is 23.1 Å². The summed E-state index contributed by atoms with van der Waals surface area (Å²) in [6.45, 7) is 4.34. The predicted molar refractivity (Wildman–Crippen MR) is 88.8 cm³/mol. The third-order valence-corrected chi connectivity index (χ3v) is 5.07. The molecule has 0 aliphatic heterocycles. The van der Waals surface area contributed by atoms with E-state index in [0.717, 1.165) is 11.6 Å². The SMILES string of the molecule is CC(C)CC(NC(=O)CCSc1nnnn1C)c1cccs1. The van der Waals surface area contributed by atoms with Crippen molar-refractivity contribution in [3.63, 3.8) is 0 Å². The van der Waals surface area contributed by atoms with E-state index in [9.17, 15) is 4.79 Å². The van der Waals surface area contributed by atoms with Crippen LogP contribution < -0.4 is 5.32 Å². The van der Waals surface area contributed by atoms with Gasteiger partial charge in [-0.3, -0.25) is 4.79 Å². The number of tetrazole rings is 1. The lowest BCUT2D eigenvalue weighted by atomic mass is 10.0. The second-order valence-electron chi connectivity index (χ2n) is 5.45. The van der Waals surface area contributed by atoms with Crippen molar-refractivity contribution in [1.82, 2.24) is 25.5 Å². The summed E-state index contributed by atoms with van der Waals surface area (Å²) in [6, 6.07) is 4.21. The second kappa shape index (κ2) is 8.28. The van der Waals surface area contributed by atoms with E-state index in [1.807, 2.05) is 11.4 Å². The molecule has 2 aromatic heterocycles. The molecule has 0 fully saturated rings. The minimum Gasteiger partial charge on any atom is -0.348 e. The van der Waals surface area contributed by atoms with Crippen molar-refractivity contribution in [2.24, 2.45) is 13.0 Å². The molecule has 1 amide bonds. The van der Waals surface area contributed by atoms with Gasteiger partial charge in [0.1, 0.15) is 0 Å². The molecule has 0 spiro atoms. The maximum atomic E-state index is 12.2. The second-order valence-corrected chi connectivity index (χ2v) is 7.49. The fourth-order valence-corrected chi connectivity index (χ4v) is 3.63. The zero-order valence-corrected chi connectivity index (χ0v) is 14.7. The van der Waals surface area contributed by atoms with Gasteiger partial charge in [-0.2, -0.15) is 0 Å². The van der Waals surface area contributed by atoms with Gasteiger partial charge in [0.25, 0.3) is 0 Å². The number of aryl methyl sites for hydroxylation is 1. The van der Waals surface area contributed by atoms with Crippen molar-refractivity contribution in [3.8, 4) is 0 Å². The third-order valence-electron chi connectivity index (χ3n) is 3.07. The van der Waals surface area contributed by atoms with E-state index in [1.165, 1.54) is 16.6 Å². The monoisotopic (exact) mass is 339 g/mol. The van der Waals surface area contributed by atoms with E-state index >= 15 is 0 Å². The van der Waals surface area contributed by atoms with Crippen LogP contribution in [0.15, 0.2) is 22.7 Å². The van der Waals surface area contributed by atoms with Crippen molar-refractivity contribution < 1.29 is 4.79 Å². The molecular weight excluding hydrogens is 318 g/mol. The Hall–Kier alpha value is -1.41. The number of thioether (sulfide) groups is 1. The maximum absolute atomic E-state index is 12.2. The highest BCUT2D eigenvalue weighted by Crippen LogP contribution is 2.25. The average molecular weight is 339 g/mol. The van der Waals surface area contributed by atoms with Crippen LogP contribution in [0.25, 0.3) is 0 Å². The Morgan fingerprint density at radius 3 is 2.91 bits per heavy atom. The molecule has 0 saturated carbocycles. The molecule has 2 aromatic rings. The molecule has 120 valence electrons. The van der Waals surface area contributed by atoms with Crippen LogP contribution in [0.1, 0.15) is 37.6 Å². The Balaban J connectivity index is 1.82. The summed E-state index contributed by atoms with van der Waals surface area (Å²) in [5.74, 6) is 1.27. The Morgan fingerprint density at radius 1 is 1.50 bits per heavy atom. The van der Waals surface area contributed by atoms with Gasteiger partial charge in [0, 0.05) is 24.1 Å². The molecule has 1 unspecified atom stereocenters. The first-order valence-electron chi connectivity index (χ1n) is 7.24. The Morgan fingerprint density at radius 2 is 2.32 bits per heavy atom. The Bertz CT molecular complexity index is 582. The number of hydrogen-bond donors (Lipinski definition) is 1. The van der Waals surface area contributed by atoms with Crippen molar-refractivity contribution in [2.75, 3.05) is 5.75 Å². The zero-order valence-electron chi connectivity index (χ0n) is 13.0. The molecule has 0 aliphatic rings. The minimum absolute atomic E-state index is 0.0710. The number of nitrogens with zero attached hydrogens (tertiary/aromatic N) is 4. The van der Waals surface area contributed by atoms with Crippen molar-refractivity contribution in [1.29, 1.82) is 0 Å². The molecule has 0 saturated heterocycles. The smallest absolute Gasteiger partial charge is 0.221 e. The van der Waals surface area contributed by atoms with Crippen LogP contribution in [0.5, 0.6) is 0 Å². The zero-order chi connectivity index (χ0) is 15.9. The van der Waals surface area contributed by atoms with Crippen molar-refractivity contribution in [3.05, 3.63) is 22.4 Å². The number of hydrogen-bond acceptors (Lipinski definition) is 6. The lowest BCUT2D eigenvalue weighted by Crippen LogP contribution is -2.29. The molecule has 2 heterocycles. The lowest BCUT2D eigenvalue weighted by molar-refractivity contribution is -0.121. The highest BCUT2D eigenvalue weighted by atomic mass is 32.2. The molecule has 0 aromatic carbocycles. The summed E-state index contributed by atoms with van der Waals surface area (Å²) in [5.41, 5.74) is 0. The number of carbonyl (C=O) groups excluding carboxylic acids is 1. The van der Waals surface area contributed by atoms with E-state index in [4.69, 9.17) is 0 Å². The fraction of sp³-hybridized carbons (Fsp3) is 0.571. The van der Waals surface area contributed by atoms with Gasteiger partial charge in [-0.1, -0.05) is 31.7 Å². The van der Waals surface area contributed by atoms with E-state index in [0.29, 0.717) is 18.1 Å². The Kier molecular flexibility index (Phi) is 6.38. The maximum Gasteiger partial charge on any atom is 0.221 e. The molecule has 0 aliphatic carbocycles. The summed E-state index contributed by atoms with van der Waals surface area (Å²) < 4.78 is 1.61. The molecular formula is C14H21N5OS2. The number of nitrogens with one attached hydrogen (secondary N) is 1. The standard InChI is InChI=1S/C14H21N5OS2/c1-10(2)9-11(12-5-4-7-21-12)15-13(20)6-8-22-14-16-17-18-19(14)3/h4-5,7,10-11H,6,8-9H2,1-3H3,(H,15,20). The highest BCUT2D eigenvalue weighted by Gasteiger charge is 2.17. The number of amides is 1. The van der Waals surface area contributed by atoms with Crippen LogP contribution >= 0.6 is 23.1 Å². The summed E-state index contributed by atoms with van der Waals surface area (Å²) in [4.78, 5) is 13.4. The minimum atomic E-state index is 0.0710. The van der Waals surface area contributed by atoms with Crippen LogP contribution in [0.4, 0.5) is 0 Å². The van der Waals surface area contributed by atoms with Crippen molar-refractivity contribution in [2.45, 2.75) is 37.9 Å². The molecule has 6 nitrogen and oxygen atoms in total. The number of aromatic nitrogens is 4. The summed E-state index contributed by atoms with van der Waals surface area (Å²) in [6.07, 6.45) is 1.41. The topological polar surface area (TPSA) is 72.7 Å². The van der Waals surface area contributed by atoms with Crippen LogP contribution in [-0.4, -0.2) is 31.9 Å². The molecule has 0 radical (unpaired) electrons. The van der Waals surface area contributed by atoms with Gasteiger partial charge in [-0.05, 0) is 34.2 Å². The number of carbonyl (C=O) groups is 1.